The maximum atomic E-state index is 10.6. The molecule has 0 aliphatic carbocycles. The molecule has 0 bridgehead atoms. The summed E-state index contributed by atoms with van der Waals surface area (Å²) < 4.78 is 30.9. The zero-order valence-electron chi connectivity index (χ0n) is 8.35. The van der Waals surface area contributed by atoms with Gasteiger partial charge in [0.2, 0.25) is 0 Å². The molecular formula is C10H13BrO3S. The zero-order valence-corrected chi connectivity index (χ0v) is 10.8. The van der Waals surface area contributed by atoms with E-state index >= 15 is 0 Å². The normalized spacial score (nSPS) is 13.8. The highest BCUT2D eigenvalue weighted by Gasteiger charge is 2.12. The maximum absolute atomic E-state index is 10.6. The van der Waals surface area contributed by atoms with E-state index in [1.807, 2.05) is 24.3 Å². The van der Waals surface area contributed by atoms with E-state index in [2.05, 4.69) is 15.9 Å². The predicted octanol–water partition coefficient (Wildman–Crippen LogP) is 2.52. The van der Waals surface area contributed by atoms with E-state index in [0.29, 0.717) is 6.42 Å². The summed E-state index contributed by atoms with van der Waals surface area (Å²) >= 11 is 3.35. The highest BCUT2D eigenvalue weighted by Crippen LogP contribution is 2.15. The van der Waals surface area contributed by atoms with Crippen LogP contribution in [0.5, 0.6) is 0 Å². The van der Waals surface area contributed by atoms with Crippen LogP contribution in [0.3, 0.4) is 0 Å². The molecular weight excluding hydrogens is 280 g/mol. The van der Waals surface area contributed by atoms with Crippen molar-refractivity contribution in [3.63, 3.8) is 0 Å². The van der Waals surface area contributed by atoms with E-state index in [1.54, 1.807) is 6.92 Å². The second-order valence-electron chi connectivity index (χ2n) is 3.69. The minimum absolute atomic E-state index is 0.0886. The van der Waals surface area contributed by atoms with E-state index < -0.39 is 10.1 Å². The first-order valence-corrected chi connectivity index (χ1v) is 6.96. The van der Waals surface area contributed by atoms with Gasteiger partial charge >= 0.3 is 0 Å². The summed E-state index contributed by atoms with van der Waals surface area (Å²) in [5.74, 6) is -0.284. The Hall–Kier alpha value is -0.390. The highest BCUT2D eigenvalue weighted by molar-refractivity contribution is 9.10. The molecule has 1 rings (SSSR count). The number of benzene rings is 1. The van der Waals surface area contributed by atoms with E-state index in [4.69, 9.17) is 4.55 Å². The molecule has 84 valence electrons. The number of hydrogen-bond donors (Lipinski definition) is 1. The first-order valence-electron chi connectivity index (χ1n) is 4.56. The van der Waals surface area contributed by atoms with Gasteiger partial charge in [0.15, 0.2) is 0 Å². The summed E-state index contributed by atoms with van der Waals surface area (Å²) in [6, 6.07) is 7.70. The molecule has 1 unspecified atom stereocenters. The third-order valence-corrected chi connectivity index (χ3v) is 3.45. The van der Waals surface area contributed by atoms with E-state index in [9.17, 15) is 8.42 Å². The third-order valence-electron chi connectivity index (χ3n) is 1.97. The summed E-state index contributed by atoms with van der Waals surface area (Å²) in [7, 11) is -3.87. The quantitative estimate of drug-likeness (QED) is 0.868. The van der Waals surface area contributed by atoms with Crippen molar-refractivity contribution < 1.29 is 13.0 Å². The van der Waals surface area contributed by atoms with Crippen LogP contribution in [0, 0.1) is 5.92 Å². The summed E-state index contributed by atoms with van der Waals surface area (Å²) in [6.07, 6.45) is 0.638. The average molecular weight is 293 g/mol. The van der Waals surface area contributed by atoms with Crippen molar-refractivity contribution >= 4 is 26.0 Å². The minimum atomic E-state index is -3.87. The maximum Gasteiger partial charge on any atom is 0.265 e. The lowest BCUT2D eigenvalue weighted by molar-refractivity contribution is 0.469. The molecule has 0 saturated heterocycles. The first-order chi connectivity index (χ1) is 6.87. The van der Waals surface area contributed by atoms with Crippen LogP contribution in [0.25, 0.3) is 0 Å². The summed E-state index contributed by atoms with van der Waals surface area (Å²) in [5.41, 5.74) is 1.06. The van der Waals surface area contributed by atoms with Gasteiger partial charge in [-0.25, -0.2) is 0 Å². The molecule has 5 heteroatoms. The van der Waals surface area contributed by atoms with Crippen molar-refractivity contribution in [3.05, 3.63) is 34.3 Å². The molecule has 1 N–H and O–H groups in total. The largest absolute Gasteiger partial charge is 0.286 e. The van der Waals surface area contributed by atoms with Crippen LogP contribution < -0.4 is 0 Å². The van der Waals surface area contributed by atoms with Gasteiger partial charge in [0.1, 0.15) is 0 Å². The van der Waals surface area contributed by atoms with Crippen molar-refractivity contribution in [2.75, 3.05) is 5.75 Å². The number of rotatable bonds is 4. The van der Waals surface area contributed by atoms with Gasteiger partial charge in [0.05, 0.1) is 5.75 Å². The predicted molar refractivity (Wildman–Crippen MR) is 63.4 cm³/mol. The Morgan fingerprint density at radius 1 is 1.47 bits per heavy atom. The van der Waals surface area contributed by atoms with Crippen molar-refractivity contribution in [2.45, 2.75) is 13.3 Å². The van der Waals surface area contributed by atoms with Gasteiger partial charge in [0.25, 0.3) is 10.1 Å². The molecule has 0 aromatic heterocycles. The summed E-state index contributed by atoms with van der Waals surface area (Å²) in [4.78, 5) is 0. The lowest BCUT2D eigenvalue weighted by Gasteiger charge is -2.09. The van der Waals surface area contributed by atoms with Crippen LogP contribution in [-0.4, -0.2) is 18.7 Å². The van der Waals surface area contributed by atoms with E-state index in [1.165, 1.54) is 0 Å². The van der Waals surface area contributed by atoms with Gasteiger partial charge < -0.3 is 0 Å². The molecule has 0 radical (unpaired) electrons. The van der Waals surface area contributed by atoms with Crippen molar-refractivity contribution in [1.29, 1.82) is 0 Å². The lowest BCUT2D eigenvalue weighted by atomic mass is 10.0. The molecule has 0 spiro atoms. The lowest BCUT2D eigenvalue weighted by Crippen LogP contribution is -2.14. The van der Waals surface area contributed by atoms with Crippen LogP contribution in [0.1, 0.15) is 12.5 Å². The summed E-state index contributed by atoms with van der Waals surface area (Å²) in [5, 5.41) is 0. The molecule has 0 heterocycles. The number of halogens is 1. The Balaban J connectivity index is 2.63. The second kappa shape index (κ2) is 5.09. The fourth-order valence-electron chi connectivity index (χ4n) is 1.48. The van der Waals surface area contributed by atoms with Crippen molar-refractivity contribution in [1.82, 2.24) is 0 Å². The van der Waals surface area contributed by atoms with E-state index in [0.717, 1.165) is 10.0 Å². The molecule has 0 aliphatic heterocycles. The van der Waals surface area contributed by atoms with Crippen LogP contribution in [0.4, 0.5) is 0 Å². The zero-order chi connectivity index (χ0) is 11.5. The topological polar surface area (TPSA) is 54.4 Å². The monoisotopic (exact) mass is 292 g/mol. The van der Waals surface area contributed by atoms with Gasteiger partial charge in [0, 0.05) is 4.47 Å². The van der Waals surface area contributed by atoms with Crippen LogP contribution in [0.2, 0.25) is 0 Å². The SMILES string of the molecule is CC(Cc1cccc(Br)c1)CS(=O)(=O)O. The Bertz CT molecular complexity index is 428. The van der Waals surface area contributed by atoms with Gasteiger partial charge in [-0.2, -0.15) is 8.42 Å². The Kier molecular flexibility index (Phi) is 4.31. The van der Waals surface area contributed by atoms with Gasteiger partial charge in [-0.05, 0) is 30.0 Å². The molecule has 0 saturated carbocycles. The smallest absolute Gasteiger partial charge is 0.265 e. The minimum Gasteiger partial charge on any atom is -0.286 e. The summed E-state index contributed by atoms with van der Waals surface area (Å²) in [6.45, 7) is 1.80. The number of hydrogen-bond acceptors (Lipinski definition) is 2. The fourth-order valence-corrected chi connectivity index (χ4v) is 2.77. The van der Waals surface area contributed by atoms with Gasteiger partial charge in [-0.3, -0.25) is 4.55 Å². The molecule has 0 aliphatic rings. The van der Waals surface area contributed by atoms with Crippen LogP contribution in [0.15, 0.2) is 28.7 Å². The molecule has 1 aromatic carbocycles. The molecule has 1 atom stereocenters. The third kappa shape index (κ3) is 5.30. The fraction of sp³-hybridized carbons (Fsp3) is 0.400. The molecule has 0 amide bonds. The standard InChI is InChI=1S/C10H13BrO3S/c1-8(7-15(12,13)14)5-9-3-2-4-10(11)6-9/h2-4,6,8H,5,7H2,1H3,(H,12,13,14). The first kappa shape index (κ1) is 12.7. The Morgan fingerprint density at radius 2 is 2.13 bits per heavy atom. The molecule has 15 heavy (non-hydrogen) atoms. The van der Waals surface area contributed by atoms with Gasteiger partial charge in [-0.1, -0.05) is 35.0 Å². The second-order valence-corrected chi connectivity index (χ2v) is 6.10. The van der Waals surface area contributed by atoms with Crippen LogP contribution in [-0.2, 0) is 16.5 Å². The Labute approximate surface area is 98.4 Å². The van der Waals surface area contributed by atoms with Gasteiger partial charge in [-0.15, -0.1) is 0 Å². The van der Waals surface area contributed by atoms with Crippen molar-refractivity contribution in [2.24, 2.45) is 5.92 Å². The van der Waals surface area contributed by atoms with Crippen LogP contribution >= 0.6 is 15.9 Å². The molecule has 3 nitrogen and oxygen atoms in total. The Morgan fingerprint density at radius 3 is 2.67 bits per heavy atom. The molecule has 1 aromatic rings. The highest BCUT2D eigenvalue weighted by atomic mass is 79.9. The average Bonchev–Trinajstić information content (AvgIpc) is 1.99. The van der Waals surface area contributed by atoms with E-state index in [-0.39, 0.29) is 11.7 Å². The van der Waals surface area contributed by atoms with Crippen molar-refractivity contribution in [3.8, 4) is 0 Å². The molecule has 0 fully saturated rings.